The van der Waals surface area contributed by atoms with Crippen LogP contribution in [0.15, 0.2) is 18.2 Å². The molecule has 20 heavy (non-hydrogen) atoms. The maximum atomic E-state index is 13.6. The highest BCUT2D eigenvalue weighted by molar-refractivity contribution is 5.90. The van der Waals surface area contributed by atoms with E-state index in [4.69, 9.17) is 4.74 Å². The molecule has 5 heteroatoms. The molecular formula is C15H23FN2O2. The lowest BCUT2D eigenvalue weighted by atomic mass is 10.1. The highest BCUT2D eigenvalue weighted by atomic mass is 19.1. The summed E-state index contributed by atoms with van der Waals surface area (Å²) in [5.74, 6) is -0.428. The fourth-order valence-electron chi connectivity index (χ4n) is 1.63. The molecule has 0 radical (unpaired) electrons. The van der Waals surface area contributed by atoms with Gasteiger partial charge in [-0.1, -0.05) is 0 Å². The minimum atomic E-state index is -0.475. The Kier molecular flexibility index (Phi) is 5.95. The van der Waals surface area contributed by atoms with Gasteiger partial charge >= 0.3 is 0 Å². The first-order chi connectivity index (χ1) is 9.31. The topological polar surface area (TPSA) is 50.4 Å². The number of ether oxygens (including phenoxy) is 1. The molecule has 1 amide bonds. The summed E-state index contributed by atoms with van der Waals surface area (Å²) in [6.07, 6.45) is 0.339. The predicted octanol–water partition coefficient (Wildman–Crippen LogP) is 2.94. The smallest absolute Gasteiger partial charge is 0.225 e. The molecule has 0 unspecified atom stereocenters. The van der Waals surface area contributed by atoms with Crippen LogP contribution in [0.25, 0.3) is 0 Å². The molecular weight excluding hydrogens is 259 g/mol. The summed E-state index contributed by atoms with van der Waals surface area (Å²) in [5.41, 5.74) is 0.414. The summed E-state index contributed by atoms with van der Waals surface area (Å²) in [6.45, 7) is 8.87. The number of benzene rings is 1. The van der Waals surface area contributed by atoms with Crippen LogP contribution in [0.5, 0.6) is 5.75 Å². The Bertz CT molecular complexity index is 456. The van der Waals surface area contributed by atoms with E-state index in [0.717, 1.165) is 0 Å². The summed E-state index contributed by atoms with van der Waals surface area (Å²) in [4.78, 5) is 11.7. The molecule has 0 saturated heterocycles. The highest BCUT2D eigenvalue weighted by Gasteiger charge is 2.10. The summed E-state index contributed by atoms with van der Waals surface area (Å²) in [6, 6.07) is 4.41. The van der Waals surface area contributed by atoms with Crippen molar-refractivity contribution in [3.8, 4) is 5.75 Å². The number of hydrogen-bond donors (Lipinski definition) is 2. The van der Waals surface area contributed by atoms with Gasteiger partial charge in [0.15, 0.2) is 11.6 Å². The molecule has 0 spiro atoms. The molecule has 0 saturated carbocycles. The van der Waals surface area contributed by atoms with Gasteiger partial charge in [0, 0.05) is 30.3 Å². The molecule has 0 aromatic heterocycles. The van der Waals surface area contributed by atoms with Crippen molar-refractivity contribution in [3.05, 3.63) is 24.0 Å². The van der Waals surface area contributed by atoms with Crippen molar-refractivity contribution >= 4 is 11.6 Å². The number of carbonyl (C=O) groups excluding carboxylic acids is 1. The second-order valence-electron chi connectivity index (χ2n) is 5.55. The number of nitrogens with one attached hydrogen (secondary N) is 2. The van der Waals surface area contributed by atoms with Crippen molar-refractivity contribution in [1.29, 1.82) is 0 Å². The molecule has 0 bridgehead atoms. The Morgan fingerprint density at radius 1 is 1.35 bits per heavy atom. The number of carbonyl (C=O) groups is 1. The van der Waals surface area contributed by atoms with E-state index >= 15 is 0 Å². The van der Waals surface area contributed by atoms with Crippen LogP contribution in [0.2, 0.25) is 0 Å². The number of amides is 1. The average Bonchev–Trinajstić information content (AvgIpc) is 2.31. The van der Waals surface area contributed by atoms with Gasteiger partial charge in [-0.05, 0) is 39.8 Å². The third-order valence-electron chi connectivity index (χ3n) is 2.52. The lowest BCUT2D eigenvalue weighted by molar-refractivity contribution is -0.116. The fourth-order valence-corrected chi connectivity index (χ4v) is 1.63. The zero-order valence-electron chi connectivity index (χ0n) is 12.5. The molecule has 1 rings (SSSR count). The number of anilines is 1. The lowest BCUT2D eigenvalue weighted by Crippen LogP contribution is -2.37. The normalized spacial score (nSPS) is 11.2. The quantitative estimate of drug-likeness (QED) is 0.843. The molecule has 0 heterocycles. The lowest BCUT2D eigenvalue weighted by Gasteiger charge is -2.20. The number of rotatable bonds is 6. The molecule has 4 nitrogen and oxygen atoms in total. The van der Waals surface area contributed by atoms with Crippen molar-refractivity contribution in [2.24, 2.45) is 0 Å². The molecule has 2 N–H and O–H groups in total. The van der Waals surface area contributed by atoms with Gasteiger partial charge < -0.3 is 15.4 Å². The van der Waals surface area contributed by atoms with Crippen LogP contribution >= 0.6 is 0 Å². The number of hydrogen-bond acceptors (Lipinski definition) is 3. The molecule has 0 fully saturated rings. The predicted molar refractivity (Wildman–Crippen MR) is 78.6 cm³/mol. The monoisotopic (exact) mass is 282 g/mol. The van der Waals surface area contributed by atoms with E-state index in [0.29, 0.717) is 25.3 Å². The van der Waals surface area contributed by atoms with Gasteiger partial charge in [-0.3, -0.25) is 4.79 Å². The van der Waals surface area contributed by atoms with Crippen LogP contribution in [-0.4, -0.2) is 24.6 Å². The van der Waals surface area contributed by atoms with E-state index in [9.17, 15) is 9.18 Å². The first-order valence-electron chi connectivity index (χ1n) is 6.79. The Hall–Kier alpha value is -1.62. The molecule has 0 aliphatic heterocycles. The van der Waals surface area contributed by atoms with E-state index in [1.807, 2.05) is 20.8 Å². The maximum absolute atomic E-state index is 13.6. The minimum absolute atomic E-state index is 0.0223. The molecule has 0 atom stereocenters. The van der Waals surface area contributed by atoms with Crippen molar-refractivity contribution in [3.63, 3.8) is 0 Å². The van der Waals surface area contributed by atoms with E-state index in [-0.39, 0.29) is 17.2 Å². The second-order valence-corrected chi connectivity index (χ2v) is 5.55. The molecule has 112 valence electrons. The van der Waals surface area contributed by atoms with Crippen LogP contribution in [0, 0.1) is 5.82 Å². The fraction of sp³-hybridized carbons (Fsp3) is 0.533. The summed E-state index contributed by atoms with van der Waals surface area (Å²) < 4.78 is 18.7. The maximum Gasteiger partial charge on any atom is 0.225 e. The molecule has 0 aliphatic rings. The number of halogens is 1. The van der Waals surface area contributed by atoms with E-state index in [1.54, 1.807) is 13.0 Å². The van der Waals surface area contributed by atoms with Gasteiger partial charge in [-0.2, -0.15) is 0 Å². The van der Waals surface area contributed by atoms with Gasteiger partial charge in [0.05, 0.1) is 6.61 Å². The van der Waals surface area contributed by atoms with Crippen molar-refractivity contribution < 1.29 is 13.9 Å². The summed E-state index contributed by atoms with van der Waals surface area (Å²) >= 11 is 0. The minimum Gasteiger partial charge on any atom is -0.491 e. The third kappa shape index (κ3) is 6.02. The Morgan fingerprint density at radius 2 is 2.05 bits per heavy atom. The van der Waals surface area contributed by atoms with Crippen molar-refractivity contribution in [1.82, 2.24) is 5.32 Å². The van der Waals surface area contributed by atoms with E-state index in [2.05, 4.69) is 10.6 Å². The average molecular weight is 282 g/mol. The Labute approximate surface area is 119 Å². The highest BCUT2D eigenvalue weighted by Crippen LogP contribution is 2.21. The first kappa shape index (κ1) is 16.4. The zero-order chi connectivity index (χ0) is 15.2. The molecule has 1 aromatic carbocycles. The van der Waals surface area contributed by atoms with Gasteiger partial charge in [0.2, 0.25) is 5.91 Å². The summed E-state index contributed by atoms with van der Waals surface area (Å²) in [7, 11) is 0. The SMILES string of the molecule is CCOc1ccc(NC(=O)CCNC(C)(C)C)cc1F. The van der Waals surface area contributed by atoms with E-state index < -0.39 is 5.82 Å². The Balaban J connectivity index is 2.48. The van der Waals surface area contributed by atoms with Crippen molar-refractivity contribution in [2.75, 3.05) is 18.5 Å². The van der Waals surface area contributed by atoms with Crippen LogP contribution in [-0.2, 0) is 4.79 Å². The first-order valence-corrected chi connectivity index (χ1v) is 6.79. The Morgan fingerprint density at radius 3 is 2.60 bits per heavy atom. The largest absolute Gasteiger partial charge is 0.491 e. The van der Waals surface area contributed by atoms with Gasteiger partial charge in [0.1, 0.15) is 0 Å². The zero-order valence-corrected chi connectivity index (χ0v) is 12.5. The van der Waals surface area contributed by atoms with Crippen molar-refractivity contribution in [2.45, 2.75) is 39.7 Å². The standard InChI is InChI=1S/C15H23FN2O2/c1-5-20-13-7-6-11(10-12(13)16)18-14(19)8-9-17-15(2,3)4/h6-7,10,17H,5,8-9H2,1-4H3,(H,18,19). The van der Waals surface area contributed by atoms with Gasteiger partial charge in [0.25, 0.3) is 0 Å². The third-order valence-corrected chi connectivity index (χ3v) is 2.52. The van der Waals surface area contributed by atoms with Crippen LogP contribution in [0.3, 0.4) is 0 Å². The van der Waals surface area contributed by atoms with Crippen LogP contribution < -0.4 is 15.4 Å². The second kappa shape index (κ2) is 7.24. The van der Waals surface area contributed by atoms with E-state index in [1.165, 1.54) is 12.1 Å². The summed E-state index contributed by atoms with van der Waals surface area (Å²) in [5, 5.41) is 5.88. The van der Waals surface area contributed by atoms with Crippen LogP contribution in [0.1, 0.15) is 34.1 Å². The molecule has 1 aromatic rings. The van der Waals surface area contributed by atoms with Gasteiger partial charge in [-0.15, -0.1) is 0 Å². The van der Waals surface area contributed by atoms with Gasteiger partial charge in [-0.25, -0.2) is 4.39 Å². The molecule has 0 aliphatic carbocycles. The van der Waals surface area contributed by atoms with Crippen LogP contribution in [0.4, 0.5) is 10.1 Å².